The van der Waals surface area contributed by atoms with E-state index >= 15 is 0 Å². The van der Waals surface area contributed by atoms with Gasteiger partial charge in [-0.2, -0.15) is 0 Å². The van der Waals surface area contributed by atoms with Crippen molar-refractivity contribution in [1.82, 2.24) is 5.32 Å². The molecule has 2 nitrogen and oxygen atoms in total. The van der Waals surface area contributed by atoms with E-state index < -0.39 is 0 Å². The van der Waals surface area contributed by atoms with Gasteiger partial charge >= 0.3 is 0 Å². The standard InChI is InChI=1S/C15H23NO/c1-15(2,16-3)9-10-17-14-8-7-12-5-4-6-13(12)11-14/h7-8,11,16H,4-6,9-10H2,1-3H3. The molecule has 0 aromatic heterocycles. The van der Waals surface area contributed by atoms with Crippen molar-refractivity contribution in [2.24, 2.45) is 0 Å². The molecular weight excluding hydrogens is 210 g/mol. The first-order valence-corrected chi connectivity index (χ1v) is 6.54. The Labute approximate surface area is 104 Å². The van der Waals surface area contributed by atoms with Crippen LogP contribution in [0.2, 0.25) is 0 Å². The Morgan fingerprint density at radius 3 is 2.76 bits per heavy atom. The zero-order valence-corrected chi connectivity index (χ0v) is 11.2. The number of hydrogen-bond donors (Lipinski definition) is 1. The van der Waals surface area contributed by atoms with Gasteiger partial charge in [-0.05, 0) is 69.8 Å². The molecule has 1 N–H and O–H groups in total. The molecule has 1 aliphatic rings. The predicted molar refractivity (Wildman–Crippen MR) is 71.7 cm³/mol. The van der Waals surface area contributed by atoms with E-state index in [1.54, 1.807) is 0 Å². The molecule has 2 rings (SSSR count). The van der Waals surface area contributed by atoms with Crippen LogP contribution in [0.1, 0.15) is 37.8 Å². The summed E-state index contributed by atoms with van der Waals surface area (Å²) in [4.78, 5) is 0. The van der Waals surface area contributed by atoms with Crippen molar-refractivity contribution in [3.8, 4) is 5.75 Å². The topological polar surface area (TPSA) is 21.3 Å². The quantitative estimate of drug-likeness (QED) is 0.844. The molecule has 2 heteroatoms. The van der Waals surface area contributed by atoms with Crippen molar-refractivity contribution in [2.45, 2.75) is 45.1 Å². The van der Waals surface area contributed by atoms with Crippen LogP contribution in [0.5, 0.6) is 5.75 Å². The maximum Gasteiger partial charge on any atom is 0.119 e. The summed E-state index contributed by atoms with van der Waals surface area (Å²) in [7, 11) is 2.00. The molecule has 94 valence electrons. The highest BCUT2D eigenvalue weighted by atomic mass is 16.5. The summed E-state index contributed by atoms with van der Waals surface area (Å²) in [5.74, 6) is 1.03. The monoisotopic (exact) mass is 233 g/mol. The highest BCUT2D eigenvalue weighted by molar-refractivity contribution is 5.38. The Morgan fingerprint density at radius 2 is 2.00 bits per heavy atom. The van der Waals surface area contributed by atoms with Crippen LogP contribution in [-0.2, 0) is 12.8 Å². The number of hydrogen-bond acceptors (Lipinski definition) is 2. The van der Waals surface area contributed by atoms with Gasteiger partial charge in [0.15, 0.2) is 0 Å². The van der Waals surface area contributed by atoms with Crippen molar-refractivity contribution in [1.29, 1.82) is 0 Å². The van der Waals surface area contributed by atoms with Gasteiger partial charge in [0.25, 0.3) is 0 Å². The summed E-state index contributed by atoms with van der Waals surface area (Å²) in [6, 6.07) is 6.55. The van der Waals surface area contributed by atoms with Crippen molar-refractivity contribution in [3.05, 3.63) is 29.3 Å². The second-order valence-electron chi connectivity index (χ2n) is 5.52. The van der Waals surface area contributed by atoms with Crippen molar-refractivity contribution in [3.63, 3.8) is 0 Å². The van der Waals surface area contributed by atoms with Crippen molar-refractivity contribution in [2.75, 3.05) is 13.7 Å². The molecule has 0 spiro atoms. The number of aryl methyl sites for hydroxylation is 2. The smallest absolute Gasteiger partial charge is 0.119 e. The van der Waals surface area contributed by atoms with Gasteiger partial charge in [-0.3, -0.25) is 0 Å². The van der Waals surface area contributed by atoms with E-state index in [1.165, 1.54) is 30.4 Å². The summed E-state index contributed by atoms with van der Waals surface area (Å²) in [5, 5.41) is 3.29. The molecule has 0 fully saturated rings. The number of benzene rings is 1. The molecule has 0 saturated carbocycles. The predicted octanol–water partition coefficient (Wildman–Crippen LogP) is 2.94. The van der Waals surface area contributed by atoms with Crippen LogP contribution in [0.15, 0.2) is 18.2 Å². The average Bonchev–Trinajstić information content (AvgIpc) is 2.76. The first-order valence-electron chi connectivity index (χ1n) is 6.54. The summed E-state index contributed by atoms with van der Waals surface area (Å²) in [6.45, 7) is 5.16. The van der Waals surface area contributed by atoms with E-state index in [1.807, 2.05) is 7.05 Å². The number of ether oxygens (including phenoxy) is 1. The molecule has 0 bridgehead atoms. The summed E-state index contributed by atoms with van der Waals surface area (Å²) >= 11 is 0. The zero-order valence-electron chi connectivity index (χ0n) is 11.2. The molecule has 1 aliphatic carbocycles. The van der Waals surface area contributed by atoms with Gasteiger partial charge in [-0.25, -0.2) is 0 Å². The van der Waals surface area contributed by atoms with Gasteiger partial charge in [0.1, 0.15) is 5.75 Å². The third-order valence-electron chi connectivity index (χ3n) is 3.74. The minimum absolute atomic E-state index is 0.150. The van der Waals surface area contributed by atoms with Crippen LogP contribution in [0.4, 0.5) is 0 Å². The largest absolute Gasteiger partial charge is 0.494 e. The third-order valence-corrected chi connectivity index (χ3v) is 3.74. The van der Waals surface area contributed by atoms with Crippen LogP contribution in [0.3, 0.4) is 0 Å². The van der Waals surface area contributed by atoms with E-state index in [2.05, 4.69) is 37.4 Å². The van der Waals surface area contributed by atoms with E-state index in [0.29, 0.717) is 0 Å². The highest BCUT2D eigenvalue weighted by Gasteiger charge is 2.15. The third kappa shape index (κ3) is 3.22. The highest BCUT2D eigenvalue weighted by Crippen LogP contribution is 2.26. The number of nitrogens with one attached hydrogen (secondary N) is 1. The lowest BCUT2D eigenvalue weighted by Crippen LogP contribution is -2.37. The lowest BCUT2D eigenvalue weighted by molar-refractivity contribution is 0.256. The van der Waals surface area contributed by atoms with E-state index in [9.17, 15) is 0 Å². The van der Waals surface area contributed by atoms with Gasteiger partial charge in [-0.15, -0.1) is 0 Å². The first kappa shape index (κ1) is 12.4. The van der Waals surface area contributed by atoms with Gasteiger partial charge in [0.2, 0.25) is 0 Å². The molecule has 1 aromatic carbocycles. The molecule has 0 radical (unpaired) electrons. The van der Waals surface area contributed by atoms with E-state index in [0.717, 1.165) is 18.8 Å². The van der Waals surface area contributed by atoms with Gasteiger partial charge < -0.3 is 10.1 Å². The van der Waals surface area contributed by atoms with Crippen LogP contribution in [0.25, 0.3) is 0 Å². The number of rotatable bonds is 5. The molecule has 0 atom stereocenters. The van der Waals surface area contributed by atoms with Crippen LogP contribution in [0, 0.1) is 0 Å². The van der Waals surface area contributed by atoms with E-state index in [4.69, 9.17) is 4.74 Å². The molecule has 0 heterocycles. The first-order chi connectivity index (χ1) is 8.11. The lowest BCUT2D eigenvalue weighted by atomic mass is 10.0. The fourth-order valence-corrected chi connectivity index (χ4v) is 2.19. The van der Waals surface area contributed by atoms with Gasteiger partial charge in [-0.1, -0.05) is 6.07 Å². The normalized spacial score (nSPS) is 14.8. The molecule has 0 aliphatic heterocycles. The molecular formula is C15H23NO. The molecule has 1 aromatic rings. The van der Waals surface area contributed by atoms with Crippen molar-refractivity contribution < 1.29 is 4.74 Å². The molecule has 17 heavy (non-hydrogen) atoms. The minimum atomic E-state index is 0.150. The fraction of sp³-hybridized carbons (Fsp3) is 0.600. The van der Waals surface area contributed by atoms with E-state index in [-0.39, 0.29) is 5.54 Å². The average molecular weight is 233 g/mol. The summed E-state index contributed by atoms with van der Waals surface area (Å²) in [6.07, 6.45) is 4.77. The van der Waals surface area contributed by atoms with Gasteiger partial charge in [0.05, 0.1) is 6.61 Å². The Hall–Kier alpha value is -1.02. The lowest BCUT2D eigenvalue weighted by Gasteiger charge is -2.23. The summed E-state index contributed by atoms with van der Waals surface area (Å²) < 4.78 is 5.83. The van der Waals surface area contributed by atoms with Crippen LogP contribution in [-0.4, -0.2) is 19.2 Å². The molecule has 0 saturated heterocycles. The fourth-order valence-electron chi connectivity index (χ4n) is 2.19. The Balaban J connectivity index is 1.88. The SMILES string of the molecule is CNC(C)(C)CCOc1ccc2c(c1)CCC2. The van der Waals surface area contributed by atoms with Crippen LogP contribution >= 0.6 is 0 Å². The minimum Gasteiger partial charge on any atom is -0.494 e. The molecule has 0 unspecified atom stereocenters. The Kier molecular flexibility index (Phi) is 3.72. The Bertz CT molecular complexity index is 385. The van der Waals surface area contributed by atoms with Crippen molar-refractivity contribution >= 4 is 0 Å². The maximum atomic E-state index is 5.83. The second kappa shape index (κ2) is 5.09. The second-order valence-corrected chi connectivity index (χ2v) is 5.52. The number of fused-ring (bicyclic) bond motifs is 1. The van der Waals surface area contributed by atoms with Crippen LogP contribution < -0.4 is 10.1 Å². The molecule has 0 amide bonds. The summed E-state index contributed by atoms with van der Waals surface area (Å²) in [5.41, 5.74) is 3.14. The zero-order chi connectivity index (χ0) is 12.3. The Morgan fingerprint density at radius 1 is 1.24 bits per heavy atom. The maximum absolute atomic E-state index is 5.83. The van der Waals surface area contributed by atoms with Gasteiger partial charge in [0, 0.05) is 5.54 Å².